The lowest BCUT2D eigenvalue weighted by Crippen LogP contribution is -2.34. The summed E-state index contributed by atoms with van der Waals surface area (Å²) in [4.78, 5) is 5.89. The summed E-state index contributed by atoms with van der Waals surface area (Å²) in [6, 6.07) is 9.57. The van der Waals surface area contributed by atoms with Crippen molar-refractivity contribution < 1.29 is 13.2 Å². The number of nitrogens with one attached hydrogen (secondary N) is 1. The van der Waals surface area contributed by atoms with Gasteiger partial charge in [0, 0.05) is 19.6 Å². The molecule has 1 aliphatic heterocycles. The van der Waals surface area contributed by atoms with Crippen molar-refractivity contribution in [1.82, 2.24) is 20.1 Å². The second kappa shape index (κ2) is 4.32. The number of benzene rings is 1. The maximum Gasteiger partial charge on any atom is 0.396 e. The Kier molecular flexibility index (Phi) is 2.70. The Hall–Kier alpha value is -1.89. The van der Waals surface area contributed by atoms with Gasteiger partial charge in [-0.05, 0) is 12.0 Å². The number of H-pyrrole nitrogens is 1. The Balaban J connectivity index is 1.63. The van der Waals surface area contributed by atoms with Crippen molar-refractivity contribution in [1.29, 1.82) is 0 Å². The first-order valence-corrected chi connectivity index (χ1v) is 7.16. The van der Waals surface area contributed by atoms with Crippen LogP contribution in [0.15, 0.2) is 36.7 Å². The van der Waals surface area contributed by atoms with Crippen LogP contribution in [0.1, 0.15) is 17.8 Å². The van der Waals surface area contributed by atoms with Crippen LogP contribution in [-0.2, 0) is 12.0 Å². The smallest absolute Gasteiger partial charge is 0.297 e. The van der Waals surface area contributed by atoms with Gasteiger partial charge in [-0.15, -0.1) is 0 Å². The number of hydrogen-bond acceptors (Lipinski definition) is 3. The van der Waals surface area contributed by atoms with Gasteiger partial charge in [0.05, 0.1) is 10.8 Å². The highest BCUT2D eigenvalue weighted by Gasteiger charge is 2.84. The first-order valence-electron chi connectivity index (χ1n) is 7.16. The zero-order chi connectivity index (χ0) is 15.4. The molecule has 1 aromatic carbocycles. The monoisotopic (exact) mass is 308 g/mol. The third-order valence-corrected chi connectivity index (χ3v) is 5.04. The molecule has 1 aliphatic carbocycles. The lowest BCUT2D eigenvalue weighted by Gasteiger charge is -2.22. The number of halogens is 3. The average Bonchev–Trinajstić information content (AvgIpc) is 2.84. The molecule has 7 heteroatoms. The van der Waals surface area contributed by atoms with Crippen molar-refractivity contribution in [2.45, 2.75) is 24.6 Å². The Labute approximate surface area is 125 Å². The van der Waals surface area contributed by atoms with Crippen molar-refractivity contribution in [3.05, 3.63) is 48.0 Å². The molecule has 2 atom stereocenters. The van der Waals surface area contributed by atoms with Crippen LogP contribution < -0.4 is 0 Å². The van der Waals surface area contributed by atoms with Crippen molar-refractivity contribution in [3.63, 3.8) is 0 Å². The Morgan fingerprint density at radius 3 is 2.59 bits per heavy atom. The largest absolute Gasteiger partial charge is 0.396 e. The Morgan fingerprint density at radius 2 is 1.95 bits per heavy atom. The van der Waals surface area contributed by atoms with E-state index < -0.39 is 17.0 Å². The number of hydrogen-bond donors (Lipinski definition) is 1. The van der Waals surface area contributed by atoms with Gasteiger partial charge >= 0.3 is 6.18 Å². The minimum Gasteiger partial charge on any atom is -0.297 e. The molecule has 116 valence electrons. The third kappa shape index (κ3) is 1.75. The van der Waals surface area contributed by atoms with E-state index in [2.05, 4.69) is 15.2 Å². The highest BCUT2D eigenvalue weighted by Crippen LogP contribution is 2.74. The maximum atomic E-state index is 13.6. The van der Waals surface area contributed by atoms with Crippen LogP contribution in [0, 0.1) is 5.41 Å². The number of alkyl halides is 3. The molecular weight excluding hydrogens is 293 g/mol. The van der Waals surface area contributed by atoms with E-state index in [4.69, 9.17) is 0 Å². The minimum absolute atomic E-state index is 0.0199. The first kappa shape index (κ1) is 13.8. The number of piperidine rings is 1. The third-order valence-electron chi connectivity index (χ3n) is 5.04. The number of nitrogens with zero attached hydrogens (tertiary/aromatic N) is 3. The Bertz CT molecular complexity index is 670. The first-order chi connectivity index (χ1) is 10.5. The molecular formula is C15H15F3N4. The van der Waals surface area contributed by atoms with Crippen LogP contribution in [0.2, 0.25) is 0 Å². The summed E-state index contributed by atoms with van der Waals surface area (Å²) >= 11 is 0. The van der Waals surface area contributed by atoms with Gasteiger partial charge in [0.25, 0.3) is 0 Å². The maximum absolute atomic E-state index is 13.6. The second-order valence-electron chi connectivity index (χ2n) is 6.30. The highest BCUT2D eigenvalue weighted by atomic mass is 19.4. The summed E-state index contributed by atoms with van der Waals surface area (Å²) in [5.41, 5.74) is -1.63. The normalized spacial score (nSPS) is 31.2. The van der Waals surface area contributed by atoms with Crippen molar-refractivity contribution in [2.75, 3.05) is 13.1 Å². The standard InChI is InChI=1S/C15H15F3N4/c16-15(17,18)14-7-13(14,12-19-10-20-21-12)8-22(9-14)6-11-4-2-1-3-5-11/h1-5,10H,6-9H2,(H,19,20,21)/t13-,14-/m0/s1. The van der Waals surface area contributed by atoms with Crippen LogP contribution in [0.3, 0.4) is 0 Å². The van der Waals surface area contributed by atoms with E-state index in [1.807, 2.05) is 35.2 Å². The van der Waals surface area contributed by atoms with E-state index >= 15 is 0 Å². The van der Waals surface area contributed by atoms with Gasteiger partial charge in [-0.1, -0.05) is 30.3 Å². The highest BCUT2D eigenvalue weighted by molar-refractivity contribution is 5.37. The topological polar surface area (TPSA) is 44.8 Å². The quantitative estimate of drug-likeness (QED) is 0.947. The summed E-state index contributed by atoms with van der Waals surface area (Å²) in [6.07, 6.45) is -2.85. The van der Waals surface area contributed by atoms with Crippen molar-refractivity contribution >= 4 is 0 Å². The van der Waals surface area contributed by atoms with Crippen LogP contribution in [0.4, 0.5) is 13.2 Å². The molecule has 1 N–H and O–H groups in total. The molecule has 2 aromatic rings. The van der Waals surface area contributed by atoms with Gasteiger partial charge < -0.3 is 0 Å². The molecule has 1 aromatic heterocycles. The van der Waals surface area contributed by atoms with Gasteiger partial charge in [-0.2, -0.15) is 18.3 Å². The lowest BCUT2D eigenvalue weighted by atomic mass is 9.95. The molecule has 2 aliphatic rings. The fraction of sp³-hybridized carbons (Fsp3) is 0.467. The van der Waals surface area contributed by atoms with E-state index in [9.17, 15) is 13.2 Å². The molecule has 1 saturated carbocycles. The number of rotatable bonds is 3. The van der Waals surface area contributed by atoms with Gasteiger partial charge in [0.1, 0.15) is 12.2 Å². The number of aromatic nitrogens is 3. The molecule has 0 amide bonds. The predicted molar refractivity (Wildman–Crippen MR) is 72.9 cm³/mol. The van der Waals surface area contributed by atoms with Crippen LogP contribution in [-0.4, -0.2) is 39.3 Å². The van der Waals surface area contributed by atoms with Gasteiger partial charge in [0.15, 0.2) is 0 Å². The van der Waals surface area contributed by atoms with Crippen LogP contribution in [0.5, 0.6) is 0 Å². The minimum atomic E-state index is -4.23. The fourth-order valence-electron chi connectivity index (χ4n) is 3.94. The molecule has 1 saturated heterocycles. The van der Waals surface area contributed by atoms with E-state index in [1.54, 1.807) is 0 Å². The predicted octanol–water partition coefficient (Wildman–Crippen LogP) is 2.51. The fourth-order valence-corrected chi connectivity index (χ4v) is 3.94. The molecule has 22 heavy (non-hydrogen) atoms. The van der Waals surface area contributed by atoms with Crippen LogP contribution in [0.25, 0.3) is 0 Å². The molecule has 2 heterocycles. The zero-order valence-electron chi connectivity index (χ0n) is 11.8. The second-order valence-corrected chi connectivity index (χ2v) is 6.30. The zero-order valence-corrected chi connectivity index (χ0v) is 11.8. The molecule has 0 unspecified atom stereocenters. The lowest BCUT2D eigenvalue weighted by molar-refractivity contribution is -0.190. The van der Waals surface area contributed by atoms with Crippen molar-refractivity contribution in [2.24, 2.45) is 5.41 Å². The van der Waals surface area contributed by atoms with E-state index in [0.29, 0.717) is 18.9 Å². The SMILES string of the molecule is FC(F)(F)[C@@]12CN(Cc3ccccc3)C[C@]1(c1ncn[nH]1)C2. The summed E-state index contributed by atoms with van der Waals surface area (Å²) in [7, 11) is 0. The van der Waals surface area contributed by atoms with Gasteiger partial charge in [0.2, 0.25) is 0 Å². The summed E-state index contributed by atoms with van der Waals surface area (Å²) < 4.78 is 40.9. The number of aromatic amines is 1. The molecule has 4 rings (SSSR count). The summed E-state index contributed by atoms with van der Waals surface area (Å²) in [5.74, 6) is 0.361. The molecule has 2 fully saturated rings. The molecule has 0 spiro atoms. The molecule has 0 bridgehead atoms. The summed E-state index contributed by atoms with van der Waals surface area (Å²) in [6.45, 7) is 0.900. The summed E-state index contributed by atoms with van der Waals surface area (Å²) in [5, 5.41) is 6.39. The van der Waals surface area contributed by atoms with Gasteiger partial charge in [-0.3, -0.25) is 10.00 Å². The van der Waals surface area contributed by atoms with Gasteiger partial charge in [-0.25, -0.2) is 4.98 Å². The average molecular weight is 308 g/mol. The van der Waals surface area contributed by atoms with Crippen molar-refractivity contribution in [3.8, 4) is 0 Å². The number of likely N-dealkylation sites (tertiary alicyclic amines) is 1. The van der Waals surface area contributed by atoms with E-state index in [-0.39, 0.29) is 13.0 Å². The Morgan fingerprint density at radius 1 is 1.18 bits per heavy atom. The molecule has 0 radical (unpaired) electrons. The van der Waals surface area contributed by atoms with E-state index in [1.165, 1.54) is 6.33 Å². The van der Waals surface area contributed by atoms with E-state index in [0.717, 1.165) is 5.56 Å². The molecule has 4 nitrogen and oxygen atoms in total. The van der Waals surface area contributed by atoms with Crippen LogP contribution >= 0.6 is 0 Å². The number of fused-ring (bicyclic) bond motifs is 1.